The van der Waals surface area contributed by atoms with E-state index in [9.17, 15) is 0 Å². The molecule has 1 N–H and O–H groups in total. The van der Waals surface area contributed by atoms with Crippen LogP contribution in [-0.2, 0) is 0 Å². The zero-order chi connectivity index (χ0) is 14.5. The molecule has 0 radical (unpaired) electrons. The molecule has 0 saturated carbocycles. The lowest BCUT2D eigenvalue weighted by Crippen LogP contribution is -2.15. The van der Waals surface area contributed by atoms with E-state index in [1.54, 1.807) is 7.11 Å². The van der Waals surface area contributed by atoms with Gasteiger partial charge in [-0.25, -0.2) is 0 Å². The molecule has 1 unspecified atom stereocenters. The highest BCUT2D eigenvalue weighted by Gasteiger charge is 2.08. The average Bonchev–Trinajstić information content (AvgIpc) is 2.53. The zero-order valence-electron chi connectivity index (χ0n) is 12.4. The van der Waals surface area contributed by atoms with Gasteiger partial charge in [-0.05, 0) is 38.2 Å². The number of methoxy groups -OCH3 is 1. The van der Waals surface area contributed by atoms with Crippen molar-refractivity contribution in [1.82, 2.24) is 10.3 Å². The fourth-order valence-corrected chi connectivity index (χ4v) is 1.97. The summed E-state index contributed by atoms with van der Waals surface area (Å²) in [5, 5.41) is 3.18. The van der Waals surface area contributed by atoms with Crippen molar-refractivity contribution >= 4 is 11.4 Å². The van der Waals surface area contributed by atoms with E-state index in [2.05, 4.69) is 28.2 Å². The molecule has 0 aliphatic carbocycles. The largest absolute Gasteiger partial charge is 0.497 e. The highest BCUT2D eigenvalue weighted by molar-refractivity contribution is 5.63. The van der Waals surface area contributed by atoms with Gasteiger partial charge in [0.05, 0.1) is 24.7 Å². The van der Waals surface area contributed by atoms with E-state index in [1.165, 1.54) is 0 Å². The van der Waals surface area contributed by atoms with Crippen molar-refractivity contribution in [1.29, 1.82) is 0 Å². The Morgan fingerprint density at radius 2 is 2.00 bits per heavy atom. The van der Waals surface area contributed by atoms with Crippen LogP contribution >= 0.6 is 0 Å². The molecule has 0 bridgehead atoms. The SMILES string of the molecule is CNC(C)c1ccc(N(C)c2cccc(OC)c2)cn1. The maximum Gasteiger partial charge on any atom is 0.120 e. The van der Waals surface area contributed by atoms with Crippen molar-refractivity contribution in [2.75, 3.05) is 26.1 Å². The lowest BCUT2D eigenvalue weighted by Gasteiger charge is -2.20. The molecule has 0 aliphatic rings. The van der Waals surface area contributed by atoms with Crippen LogP contribution in [0, 0.1) is 0 Å². The van der Waals surface area contributed by atoms with Gasteiger partial charge in [0, 0.05) is 24.8 Å². The molecule has 4 nitrogen and oxygen atoms in total. The maximum absolute atomic E-state index is 5.26. The van der Waals surface area contributed by atoms with Gasteiger partial charge in [-0.15, -0.1) is 0 Å². The van der Waals surface area contributed by atoms with E-state index < -0.39 is 0 Å². The first-order chi connectivity index (χ1) is 9.65. The highest BCUT2D eigenvalue weighted by atomic mass is 16.5. The molecule has 2 aromatic rings. The normalized spacial score (nSPS) is 12.0. The smallest absolute Gasteiger partial charge is 0.120 e. The highest BCUT2D eigenvalue weighted by Crippen LogP contribution is 2.26. The summed E-state index contributed by atoms with van der Waals surface area (Å²) in [7, 11) is 5.63. The van der Waals surface area contributed by atoms with Gasteiger partial charge >= 0.3 is 0 Å². The molecule has 1 heterocycles. The molecule has 0 saturated heterocycles. The molecular formula is C16H21N3O. The molecule has 0 amide bonds. The molecule has 0 fully saturated rings. The molecule has 1 aromatic heterocycles. The Morgan fingerprint density at radius 1 is 1.20 bits per heavy atom. The number of nitrogens with one attached hydrogen (secondary N) is 1. The standard InChI is InChI=1S/C16H21N3O/c1-12(17-2)16-9-8-14(11-18-16)19(3)13-6-5-7-15(10-13)20-4/h5-12,17H,1-4H3. The number of pyridine rings is 1. The number of ether oxygens (including phenoxy) is 1. The Balaban J connectivity index is 2.22. The Kier molecular flexibility index (Phi) is 4.58. The molecule has 1 aromatic carbocycles. The number of nitrogens with zero attached hydrogens (tertiary/aromatic N) is 2. The van der Waals surface area contributed by atoms with Gasteiger partial charge in [0.15, 0.2) is 0 Å². The van der Waals surface area contributed by atoms with Crippen LogP contribution < -0.4 is 15.0 Å². The summed E-state index contributed by atoms with van der Waals surface area (Å²) in [6.45, 7) is 2.09. The van der Waals surface area contributed by atoms with Crippen LogP contribution in [-0.4, -0.2) is 26.2 Å². The molecule has 1 atom stereocenters. The Labute approximate surface area is 120 Å². The summed E-state index contributed by atoms with van der Waals surface area (Å²) in [5.74, 6) is 0.850. The summed E-state index contributed by atoms with van der Waals surface area (Å²) in [4.78, 5) is 6.59. The van der Waals surface area contributed by atoms with Gasteiger partial charge in [0.25, 0.3) is 0 Å². The molecule has 0 spiro atoms. The number of anilines is 2. The third-order valence-corrected chi connectivity index (χ3v) is 3.48. The summed E-state index contributed by atoms with van der Waals surface area (Å²) >= 11 is 0. The Hall–Kier alpha value is -2.07. The van der Waals surface area contributed by atoms with Crippen molar-refractivity contribution < 1.29 is 4.74 Å². The second kappa shape index (κ2) is 6.39. The van der Waals surface area contributed by atoms with Gasteiger partial charge in [-0.3, -0.25) is 4.98 Å². The summed E-state index contributed by atoms with van der Waals surface area (Å²) in [6, 6.07) is 12.4. The van der Waals surface area contributed by atoms with E-state index in [1.807, 2.05) is 50.6 Å². The monoisotopic (exact) mass is 271 g/mol. The first-order valence-corrected chi connectivity index (χ1v) is 6.66. The van der Waals surface area contributed by atoms with Crippen LogP contribution in [0.15, 0.2) is 42.6 Å². The molecule has 106 valence electrons. The molecule has 20 heavy (non-hydrogen) atoms. The van der Waals surface area contributed by atoms with Crippen molar-refractivity contribution in [3.05, 3.63) is 48.3 Å². The number of benzene rings is 1. The van der Waals surface area contributed by atoms with Crippen LogP contribution in [0.3, 0.4) is 0 Å². The van der Waals surface area contributed by atoms with E-state index in [0.29, 0.717) is 0 Å². The summed E-state index contributed by atoms with van der Waals surface area (Å²) in [6.07, 6.45) is 1.89. The molecular weight excluding hydrogens is 250 g/mol. The van der Waals surface area contributed by atoms with Crippen LogP contribution in [0.2, 0.25) is 0 Å². The lowest BCUT2D eigenvalue weighted by atomic mass is 10.2. The minimum atomic E-state index is 0.256. The topological polar surface area (TPSA) is 37.4 Å². The van der Waals surface area contributed by atoms with Gasteiger partial charge in [0.1, 0.15) is 5.75 Å². The number of aromatic nitrogens is 1. The zero-order valence-corrected chi connectivity index (χ0v) is 12.4. The predicted octanol–water partition coefficient (Wildman–Crippen LogP) is 3.14. The van der Waals surface area contributed by atoms with Gasteiger partial charge in [-0.1, -0.05) is 6.07 Å². The first kappa shape index (κ1) is 14.3. The van der Waals surface area contributed by atoms with Crippen molar-refractivity contribution in [3.63, 3.8) is 0 Å². The van der Waals surface area contributed by atoms with Crippen LogP contribution in [0.1, 0.15) is 18.7 Å². The summed E-state index contributed by atoms with van der Waals surface area (Å²) in [5.41, 5.74) is 3.15. The second-order valence-corrected chi connectivity index (χ2v) is 4.71. The van der Waals surface area contributed by atoms with E-state index in [0.717, 1.165) is 22.8 Å². The van der Waals surface area contributed by atoms with E-state index >= 15 is 0 Å². The van der Waals surface area contributed by atoms with Gasteiger partial charge in [0.2, 0.25) is 0 Å². The van der Waals surface area contributed by atoms with Crippen LogP contribution in [0.4, 0.5) is 11.4 Å². The lowest BCUT2D eigenvalue weighted by molar-refractivity contribution is 0.415. The van der Waals surface area contributed by atoms with Crippen molar-refractivity contribution in [3.8, 4) is 5.75 Å². The van der Waals surface area contributed by atoms with Crippen molar-refractivity contribution in [2.24, 2.45) is 0 Å². The van der Waals surface area contributed by atoms with Crippen LogP contribution in [0.5, 0.6) is 5.75 Å². The Bertz CT molecular complexity index is 554. The molecule has 4 heteroatoms. The quantitative estimate of drug-likeness (QED) is 0.906. The first-order valence-electron chi connectivity index (χ1n) is 6.66. The predicted molar refractivity (Wildman–Crippen MR) is 82.8 cm³/mol. The van der Waals surface area contributed by atoms with Gasteiger partial charge < -0.3 is 15.0 Å². The number of rotatable bonds is 5. The van der Waals surface area contributed by atoms with Crippen molar-refractivity contribution in [2.45, 2.75) is 13.0 Å². The van der Waals surface area contributed by atoms with Crippen LogP contribution in [0.25, 0.3) is 0 Å². The molecule has 0 aliphatic heterocycles. The number of hydrogen-bond acceptors (Lipinski definition) is 4. The van der Waals surface area contributed by atoms with Gasteiger partial charge in [-0.2, -0.15) is 0 Å². The van der Waals surface area contributed by atoms with E-state index in [-0.39, 0.29) is 6.04 Å². The fraction of sp³-hybridized carbons (Fsp3) is 0.312. The van der Waals surface area contributed by atoms with E-state index in [4.69, 9.17) is 4.74 Å². The second-order valence-electron chi connectivity index (χ2n) is 4.71. The minimum absolute atomic E-state index is 0.256. The third-order valence-electron chi connectivity index (χ3n) is 3.48. The third kappa shape index (κ3) is 3.08. The minimum Gasteiger partial charge on any atom is -0.497 e. The Morgan fingerprint density at radius 3 is 2.60 bits per heavy atom. The number of hydrogen-bond donors (Lipinski definition) is 1. The fourth-order valence-electron chi connectivity index (χ4n) is 1.97. The summed E-state index contributed by atoms with van der Waals surface area (Å²) < 4.78 is 5.26. The average molecular weight is 271 g/mol. The molecule has 2 rings (SSSR count). The maximum atomic E-state index is 5.26.